The van der Waals surface area contributed by atoms with Crippen molar-refractivity contribution < 1.29 is 4.79 Å². The molecule has 2 aromatic carbocycles. The Morgan fingerprint density at radius 1 is 1.03 bits per heavy atom. The van der Waals surface area contributed by atoms with Gasteiger partial charge in [-0.3, -0.25) is 14.3 Å². The largest absolute Gasteiger partial charge is 0.355 e. The molecule has 174 valence electrons. The van der Waals surface area contributed by atoms with Gasteiger partial charge in [0.2, 0.25) is 5.91 Å². The number of nitrogens with one attached hydrogen (secondary N) is 1. The standard InChI is InChI=1S/C24H20Cl3N5OS/c1-15-19(26)3-2-4-21(15)32-23(17-7-10-28-11-8-17)30-31-24(32)34-14-22(33)29-12-9-16-5-6-18(25)13-20(16)27/h2-8,10-11,13H,9,12,14H2,1H3,(H,29,33). The molecular formula is C24H20Cl3N5OS. The highest BCUT2D eigenvalue weighted by atomic mass is 35.5. The average molecular weight is 533 g/mol. The first-order chi connectivity index (χ1) is 16.4. The molecule has 0 unspecified atom stereocenters. The molecule has 6 nitrogen and oxygen atoms in total. The lowest BCUT2D eigenvalue weighted by atomic mass is 10.1. The van der Waals surface area contributed by atoms with E-state index in [4.69, 9.17) is 34.8 Å². The first-order valence-electron chi connectivity index (χ1n) is 10.4. The molecule has 0 aliphatic heterocycles. The summed E-state index contributed by atoms with van der Waals surface area (Å²) in [5.41, 5.74) is 3.53. The molecule has 0 saturated carbocycles. The topological polar surface area (TPSA) is 72.7 Å². The number of carbonyl (C=O) groups is 1. The zero-order valence-electron chi connectivity index (χ0n) is 18.1. The van der Waals surface area contributed by atoms with E-state index in [2.05, 4.69) is 20.5 Å². The molecule has 0 bridgehead atoms. The lowest BCUT2D eigenvalue weighted by Gasteiger charge is -2.14. The third-order valence-electron chi connectivity index (χ3n) is 5.12. The molecule has 0 spiro atoms. The van der Waals surface area contributed by atoms with Crippen molar-refractivity contribution in [2.45, 2.75) is 18.5 Å². The minimum atomic E-state index is -0.113. The summed E-state index contributed by atoms with van der Waals surface area (Å²) in [5, 5.41) is 14.1. The van der Waals surface area contributed by atoms with Crippen molar-refractivity contribution >= 4 is 52.5 Å². The predicted molar refractivity (Wildman–Crippen MR) is 138 cm³/mol. The van der Waals surface area contributed by atoms with E-state index in [1.807, 2.05) is 47.9 Å². The van der Waals surface area contributed by atoms with E-state index in [-0.39, 0.29) is 11.7 Å². The van der Waals surface area contributed by atoms with Crippen molar-refractivity contribution in [1.82, 2.24) is 25.1 Å². The molecule has 0 saturated heterocycles. The summed E-state index contributed by atoms with van der Waals surface area (Å²) in [6.07, 6.45) is 4.01. The fourth-order valence-electron chi connectivity index (χ4n) is 3.35. The van der Waals surface area contributed by atoms with Crippen LogP contribution in [0.25, 0.3) is 17.1 Å². The van der Waals surface area contributed by atoms with Crippen molar-refractivity contribution in [3.63, 3.8) is 0 Å². The van der Waals surface area contributed by atoms with Crippen LogP contribution in [0.15, 0.2) is 66.1 Å². The monoisotopic (exact) mass is 531 g/mol. The van der Waals surface area contributed by atoms with E-state index in [0.717, 1.165) is 22.4 Å². The SMILES string of the molecule is Cc1c(Cl)cccc1-n1c(SCC(=O)NCCc2ccc(Cl)cc2Cl)nnc1-c1ccncc1. The summed E-state index contributed by atoms with van der Waals surface area (Å²) < 4.78 is 1.92. The zero-order valence-corrected chi connectivity index (χ0v) is 21.2. The lowest BCUT2D eigenvalue weighted by molar-refractivity contribution is -0.118. The maximum absolute atomic E-state index is 12.5. The van der Waals surface area contributed by atoms with Gasteiger partial charge < -0.3 is 5.32 Å². The van der Waals surface area contributed by atoms with Gasteiger partial charge in [-0.15, -0.1) is 10.2 Å². The van der Waals surface area contributed by atoms with Gasteiger partial charge in [-0.2, -0.15) is 0 Å². The van der Waals surface area contributed by atoms with Gasteiger partial charge in [-0.1, -0.05) is 58.7 Å². The average Bonchev–Trinajstić information content (AvgIpc) is 3.25. The van der Waals surface area contributed by atoms with Crippen LogP contribution in [0.2, 0.25) is 15.1 Å². The predicted octanol–water partition coefficient (Wildman–Crippen LogP) is 6.05. The second-order valence-electron chi connectivity index (χ2n) is 7.39. The summed E-state index contributed by atoms with van der Waals surface area (Å²) in [7, 11) is 0. The van der Waals surface area contributed by atoms with Gasteiger partial charge in [0.05, 0.1) is 11.4 Å². The molecule has 2 heterocycles. The van der Waals surface area contributed by atoms with E-state index >= 15 is 0 Å². The minimum absolute atomic E-state index is 0.113. The molecule has 0 fully saturated rings. The van der Waals surface area contributed by atoms with Gasteiger partial charge in [-0.05, 0) is 60.9 Å². The number of amides is 1. The molecule has 0 atom stereocenters. The number of aromatic nitrogens is 4. The maximum Gasteiger partial charge on any atom is 0.230 e. The van der Waals surface area contributed by atoms with Crippen LogP contribution < -0.4 is 5.32 Å². The van der Waals surface area contributed by atoms with Crippen molar-refractivity contribution in [3.8, 4) is 17.1 Å². The Bertz CT molecular complexity index is 1310. The summed E-state index contributed by atoms with van der Waals surface area (Å²) in [6.45, 7) is 2.40. The second kappa shape index (κ2) is 11.2. The van der Waals surface area contributed by atoms with Gasteiger partial charge in [-0.25, -0.2) is 0 Å². The van der Waals surface area contributed by atoms with Gasteiger partial charge in [0.15, 0.2) is 11.0 Å². The van der Waals surface area contributed by atoms with Crippen LogP contribution in [0.3, 0.4) is 0 Å². The Hall–Kier alpha value is -2.58. The van der Waals surface area contributed by atoms with Crippen LogP contribution in [-0.4, -0.2) is 38.0 Å². The highest BCUT2D eigenvalue weighted by Gasteiger charge is 2.19. The van der Waals surface area contributed by atoms with E-state index in [9.17, 15) is 4.79 Å². The Morgan fingerprint density at radius 3 is 2.59 bits per heavy atom. The Balaban J connectivity index is 1.49. The molecule has 34 heavy (non-hydrogen) atoms. The number of hydrogen-bond acceptors (Lipinski definition) is 5. The first kappa shape index (κ1) is 24.5. The fourth-order valence-corrected chi connectivity index (χ4v) is 4.80. The highest BCUT2D eigenvalue weighted by Crippen LogP contribution is 2.31. The number of nitrogens with zero attached hydrogens (tertiary/aromatic N) is 4. The van der Waals surface area contributed by atoms with Crippen LogP contribution in [0, 0.1) is 6.92 Å². The Labute approximate surface area is 216 Å². The third kappa shape index (κ3) is 5.73. The third-order valence-corrected chi connectivity index (χ3v) is 7.04. The minimum Gasteiger partial charge on any atom is -0.355 e. The van der Waals surface area contributed by atoms with E-state index in [1.165, 1.54) is 11.8 Å². The molecule has 0 aliphatic carbocycles. The van der Waals surface area contributed by atoms with Crippen LogP contribution in [0.4, 0.5) is 0 Å². The molecule has 1 amide bonds. The molecule has 0 radical (unpaired) electrons. The normalized spacial score (nSPS) is 10.9. The van der Waals surface area contributed by atoms with E-state index in [1.54, 1.807) is 24.5 Å². The van der Waals surface area contributed by atoms with Gasteiger partial charge in [0, 0.05) is 39.6 Å². The van der Waals surface area contributed by atoms with E-state index in [0.29, 0.717) is 39.0 Å². The molecule has 0 aliphatic rings. The summed E-state index contributed by atoms with van der Waals surface area (Å²) >= 11 is 19.8. The van der Waals surface area contributed by atoms with Crippen LogP contribution in [-0.2, 0) is 11.2 Å². The number of hydrogen-bond donors (Lipinski definition) is 1. The van der Waals surface area contributed by atoms with Crippen LogP contribution in [0.1, 0.15) is 11.1 Å². The van der Waals surface area contributed by atoms with Crippen LogP contribution >= 0.6 is 46.6 Å². The Morgan fingerprint density at radius 2 is 1.82 bits per heavy atom. The molecule has 1 N–H and O–H groups in total. The number of carbonyl (C=O) groups excluding carboxylic acids is 1. The number of thioether (sulfide) groups is 1. The number of pyridine rings is 1. The van der Waals surface area contributed by atoms with Gasteiger partial charge in [0.25, 0.3) is 0 Å². The quantitative estimate of drug-likeness (QED) is 0.280. The van der Waals surface area contributed by atoms with Crippen LogP contribution in [0.5, 0.6) is 0 Å². The summed E-state index contributed by atoms with van der Waals surface area (Å²) in [6, 6.07) is 14.7. The first-order valence-corrected chi connectivity index (χ1v) is 12.5. The van der Waals surface area contributed by atoms with Gasteiger partial charge >= 0.3 is 0 Å². The fraction of sp³-hybridized carbons (Fsp3) is 0.167. The molecule has 10 heteroatoms. The number of rotatable bonds is 8. The summed E-state index contributed by atoms with van der Waals surface area (Å²) in [5.74, 6) is 0.716. The molecule has 4 rings (SSSR count). The van der Waals surface area contributed by atoms with Gasteiger partial charge in [0.1, 0.15) is 0 Å². The maximum atomic E-state index is 12.5. The summed E-state index contributed by atoms with van der Waals surface area (Å²) in [4.78, 5) is 16.6. The number of benzene rings is 2. The zero-order chi connectivity index (χ0) is 24.1. The number of halogens is 3. The smallest absolute Gasteiger partial charge is 0.230 e. The van der Waals surface area contributed by atoms with E-state index < -0.39 is 0 Å². The Kier molecular flexibility index (Phi) is 8.11. The molecule has 2 aromatic heterocycles. The molecular weight excluding hydrogens is 513 g/mol. The van der Waals surface area contributed by atoms with Crippen molar-refractivity contribution in [3.05, 3.63) is 87.1 Å². The van der Waals surface area contributed by atoms with Crippen molar-refractivity contribution in [2.24, 2.45) is 0 Å². The molecule has 4 aromatic rings. The lowest BCUT2D eigenvalue weighted by Crippen LogP contribution is -2.27. The van der Waals surface area contributed by atoms with Crippen molar-refractivity contribution in [1.29, 1.82) is 0 Å². The highest BCUT2D eigenvalue weighted by molar-refractivity contribution is 7.99. The van der Waals surface area contributed by atoms with Crippen molar-refractivity contribution in [2.75, 3.05) is 12.3 Å². The second-order valence-corrected chi connectivity index (χ2v) is 9.58.